The highest BCUT2D eigenvalue weighted by Gasteiger charge is 2.28. The SMILES string of the molecule is CC(C(=O)NC(C)(C)C)N(Cc1ccc(F)cc1)C(=O)COc1ccc(Cl)cc1Cl. The fourth-order valence-corrected chi connectivity index (χ4v) is 3.12. The van der Waals surface area contributed by atoms with Gasteiger partial charge in [0.2, 0.25) is 5.91 Å². The van der Waals surface area contributed by atoms with Crippen molar-refractivity contribution in [3.8, 4) is 5.75 Å². The molecule has 8 heteroatoms. The van der Waals surface area contributed by atoms with Gasteiger partial charge in [-0.05, 0) is 63.6 Å². The molecule has 0 saturated carbocycles. The van der Waals surface area contributed by atoms with Gasteiger partial charge in [-0.15, -0.1) is 0 Å². The summed E-state index contributed by atoms with van der Waals surface area (Å²) in [4.78, 5) is 27.0. The van der Waals surface area contributed by atoms with Crippen molar-refractivity contribution >= 4 is 35.0 Å². The Balaban J connectivity index is 2.18. The van der Waals surface area contributed by atoms with E-state index in [0.717, 1.165) is 0 Å². The van der Waals surface area contributed by atoms with E-state index in [1.54, 1.807) is 31.2 Å². The Bertz CT molecular complexity index is 898. The van der Waals surface area contributed by atoms with Gasteiger partial charge in [0.05, 0.1) is 5.02 Å². The summed E-state index contributed by atoms with van der Waals surface area (Å²) in [6.07, 6.45) is 0. The molecule has 0 heterocycles. The number of nitrogens with one attached hydrogen (secondary N) is 1. The van der Waals surface area contributed by atoms with Gasteiger partial charge in [-0.1, -0.05) is 35.3 Å². The lowest BCUT2D eigenvalue weighted by molar-refractivity contribution is -0.142. The van der Waals surface area contributed by atoms with Gasteiger partial charge in [0, 0.05) is 17.1 Å². The van der Waals surface area contributed by atoms with Crippen molar-refractivity contribution in [2.24, 2.45) is 0 Å². The second-order valence-corrected chi connectivity index (χ2v) is 8.77. The molecule has 162 valence electrons. The Morgan fingerprint density at radius 1 is 1.13 bits per heavy atom. The summed E-state index contributed by atoms with van der Waals surface area (Å²) in [6, 6.07) is 9.66. The number of ether oxygens (including phenoxy) is 1. The van der Waals surface area contributed by atoms with Crippen LogP contribution < -0.4 is 10.1 Å². The zero-order valence-corrected chi connectivity index (χ0v) is 18.9. The molecule has 1 atom stereocenters. The van der Waals surface area contributed by atoms with E-state index >= 15 is 0 Å². The fraction of sp³-hybridized carbons (Fsp3) is 0.364. The predicted molar refractivity (Wildman–Crippen MR) is 116 cm³/mol. The molecule has 1 N–H and O–H groups in total. The van der Waals surface area contributed by atoms with Crippen LogP contribution in [-0.2, 0) is 16.1 Å². The van der Waals surface area contributed by atoms with E-state index in [9.17, 15) is 14.0 Å². The summed E-state index contributed by atoms with van der Waals surface area (Å²) in [7, 11) is 0. The first-order chi connectivity index (χ1) is 14.0. The third-order valence-electron chi connectivity index (χ3n) is 4.18. The standard InChI is InChI=1S/C22H25Cl2FN2O3/c1-14(21(29)26-22(2,3)4)27(12-15-5-8-17(25)9-6-15)20(28)13-30-19-10-7-16(23)11-18(19)24/h5-11,14H,12-13H2,1-4H3,(H,26,29). The van der Waals surface area contributed by atoms with Crippen LogP contribution in [0.15, 0.2) is 42.5 Å². The minimum absolute atomic E-state index is 0.121. The topological polar surface area (TPSA) is 58.6 Å². The van der Waals surface area contributed by atoms with Crippen LogP contribution in [0.4, 0.5) is 4.39 Å². The molecule has 0 aliphatic carbocycles. The third kappa shape index (κ3) is 7.18. The molecule has 1 unspecified atom stereocenters. The van der Waals surface area contributed by atoms with Crippen LogP contribution in [0.2, 0.25) is 10.0 Å². The Kier molecular flexibility index (Phi) is 8.10. The van der Waals surface area contributed by atoms with E-state index < -0.39 is 17.5 Å². The quantitative estimate of drug-likeness (QED) is 0.650. The van der Waals surface area contributed by atoms with Crippen LogP contribution >= 0.6 is 23.2 Å². The van der Waals surface area contributed by atoms with Crippen LogP contribution in [0.3, 0.4) is 0 Å². The number of nitrogens with zero attached hydrogens (tertiary/aromatic N) is 1. The first kappa shape index (κ1) is 24.0. The molecular formula is C22H25Cl2FN2O3. The van der Waals surface area contributed by atoms with Crippen LogP contribution in [0.1, 0.15) is 33.3 Å². The Morgan fingerprint density at radius 3 is 2.33 bits per heavy atom. The van der Waals surface area contributed by atoms with Gasteiger partial charge in [0.1, 0.15) is 17.6 Å². The fourth-order valence-electron chi connectivity index (χ4n) is 2.66. The number of hydrogen-bond acceptors (Lipinski definition) is 3. The maximum atomic E-state index is 13.2. The van der Waals surface area contributed by atoms with Crippen molar-refractivity contribution < 1.29 is 18.7 Å². The lowest BCUT2D eigenvalue weighted by Gasteiger charge is -2.31. The first-order valence-electron chi connectivity index (χ1n) is 9.40. The van der Waals surface area contributed by atoms with Gasteiger partial charge < -0.3 is 15.0 Å². The van der Waals surface area contributed by atoms with E-state index in [2.05, 4.69) is 5.32 Å². The zero-order valence-electron chi connectivity index (χ0n) is 17.3. The van der Waals surface area contributed by atoms with Crippen LogP contribution in [0.5, 0.6) is 5.75 Å². The van der Waals surface area contributed by atoms with Crippen LogP contribution in [0.25, 0.3) is 0 Å². The molecule has 0 fully saturated rings. The van der Waals surface area contributed by atoms with Gasteiger partial charge >= 0.3 is 0 Å². The summed E-state index contributed by atoms with van der Waals surface area (Å²) < 4.78 is 18.8. The van der Waals surface area contributed by atoms with E-state index in [4.69, 9.17) is 27.9 Å². The highest BCUT2D eigenvalue weighted by molar-refractivity contribution is 6.35. The van der Waals surface area contributed by atoms with Gasteiger partial charge in [-0.25, -0.2) is 4.39 Å². The molecular weight excluding hydrogens is 430 g/mol. The van der Waals surface area contributed by atoms with Crippen molar-refractivity contribution in [1.29, 1.82) is 0 Å². The molecule has 30 heavy (non-hydrogen) atoms. The minimum atomic E-state index is -0.772. The van der Waals surface area contributed by atoms with Gasteiger partial charge in [0.25, 0.3) is 5.91 Å². The number of halogens is 3. The summed E-state index contributed by atoms with van der Waals surface area (Å²) >= 11 is 12.0. The molecule has 0 radical (unpaired) electrons. The molecule has 0 spiro atoms. The van der Waals surface area contributed by atoms with Crippen molar-refractivity contribution in [3.05, 3.63) is 63.9 Å². The number of hydrogen-bond donors (Lipinski definition) is 1. The molecule has 5 nitrogen and oxygen atoms in total. The van der Waals surface area contributed by atoms with Crippen molar-refractivity contribution in [3.63, 3.8) is 0 Å². The number of benzene rings is 2. The highest BCUT2D eigenvalue weighted by Crippen LogP contribution is 2.27. The maximum Gasteiger partial charge on any atom is 0.261 e. The number of carbonyl (C=O) groups is 2. The average Bonchev–Trinajstić information content (AvgIpc) is 2.64. The third-order valence-corrected chi connectivity index (χ3v) is 4.71. The zero-order chi connectivity index (χ0) is 22.5. The van der Waals surface area contributed by atoms with E-state index in [1.807, 2.05) is 20.8 Å². The molecule has 0 aliphatic heterocycles. The molecule has 0 bridgehead atoms. The second-order valence-electron chi connectivity index (χ2n) is 7.93. The molecule has 0 aliphatic rings. The molecule has 0 saturated heterocycles. The largest absolute Gasteiger partial charge is 0.482 e. The molecule has 2 rings (SSSR count). The summed E-state index contributed by atoms with van der Waals surface area (Å²) in [6.45, 7) is 7.00. The summed E-state index contributed by atoms with van der Waals surface area (Å²) in [5.74, 6) is -0.789. The van der Waals surface area contributed by atoms with Crippen LogP contribution in [0, 0.1) is 5.82 Å². The normalized spacial score (nSPS) is 12.2. The Labute approximate surface area is 186 Å². The second kappa shape index (κ2) is 10.1. The monoisotopic (exact) mass is 454 g/mol. The van der Waals surface area contributed by atoms with Crippen molar-refractivity contribution in [2.45, 2.75) is 45.8 Å². The maximum absolute atomic E-state index is 13.2. The van der Waals surface area contributed by atoms with Crippen molar-refractivity contribution in [2.75, 3.05) is 6.61 Å². The highest BCUT2D eigenvalue weighted by atomic mass is 35.5. The molecule has 2 aromatic rings. The number of rotatable bonds is 7. The first-order valence-corrected chi connectivity index (χ1v) is 10.2. The molecule has 2 aromatic carbocycles. The van der Waals surface area contributed by atoms with E-state index in [0.29, 0.717) is 16.3 Å². The van der Waals surface area contributed by atoms with Gasteiger partial charge in [0.15, 0.2) is 6.61 Å². The van der Waals surface area contributed by atoms with Gasteiger partial charge in [-0.3, -0.25) is 9.59 Å². The molecule has 0 aromatic heterocycles. The van der Waals surface area contributed by atoms with Gasteiger partial charge in [-0.2, -0.15) is 0 Å². The number of amides is 2. The van der Waals surface area contributed by atoms with E-state index in [1.165, 1.54) is 23.1 Å². The Hall–Kier alpha value is -2.31. The van der Waals surface area contributed by atoms with Crippen LogP contribution in [-0.4, -0.2) is 34.9 Å². The predicted octanol–water partition coefficient (Wildman–Crippen LogP) is 4.84. The lowest BCUT2D eigenvalue weighted by Crippen LogP contribution is -2.53. The summed E-state index contributed by atoms with van der Waals surface area (Å²) in [5.41, 5.74) is 0.230. The minimum Gasteiger partial charge on any atom is -0.482 e. The molecule has 2 amide bonds. The van der Waals surface area contributed by atoms with E-state index in [-0.39, 0.29) is 29.9 Å². The lowest BCUT2D eigenvalue weighted by atomic mass is 10.1. The van der Waals surface area contributed by atoms with Crippen molar-refractivity contribution in [1.82, 2.24) is 10.2 Å². The Morgan fingerprint density at radius 2 is 1.77 bits per heavy atom. The number of carbonyl (C=O) groups excluding carboxylic acids is 2. The smallest absolute Gasteiger partial charge is 0.261 e. The average molecular weight is 455 g/mol. The summed E-state index contributed by atoms with van der Waals surface area (Å²) in [5, 5.41) is 3.59.